The van der Waals surface area contributed by atoms with Gasteiger partial charge in [0.2, 0.25) is 0 Å². The van der Waals surface area contributed by atoms with E-state index in [1.807, 2.05) is 56.0 Å². The Bertz CT molecular complexity index is 423. The molecule has 1 rings (SSSR count). The third-order valence-electron chi connectivity index (χ3n) is 2.77. The molecule has 2 nitrogen and oxygen atoms in total. The number of carbonyl (C=O) groups excluding carboxylic acids is 1. The summed E-state index contributed by atoms with van der Waals surface area (Å²) in [4.78, 5) is 14.0. The first-order valence-electron chi connectivity index (χ1n) is 6.16. The molecule has 0 unspecified atom stereocenters. The molecule has 0 aromatic heterocycles. The molecule has 0 saturated carbocycles. The lowest BCUT2D eigenvalue weighted by Crippen LogP contribution is -2.35. The van der Waals surface area contributed by atoms with E-state index in [0.717, 1.165) is 0 Å². The highest BCUT2D eigenvalue weighted by Crippen LogP contribution is 2.16. The van der Waals surface area contributed by atoms with Crippen LogP contribution in [0.25, 0.3) is 0 Å². The summed E-state index contributed by atoms with van der Waals surface area (Å²) in [5.74, 6) is 2.83. The number of Topliss-reactive ketones (excluding diaryl/α,β-unsaturated/α-hetero) is 1. The van der Waals surface area contributed by atoms with E-state index in [0.29, 0.717) is 19.6 Å². The Labute approximate surface area is 110 Å². The van der Waals surface area contributed by atoms with E-state index < -0.39 is 0 Å². The first kappa shape index (κ1) is 14.5. The first-order valence-corrected chi connectivity index (χ1v) is 6.16. The van der Waals surface area contributed by atoms with Crippen LogP contribution in [0.2, 0.25) is 0 Å². The SMILES string of the molecule is C#CCN(CC(=O)C(C)(C)C)Cc1ccccc1. The van der Waals surface area contributed by atoms with Crippen LogP contribution in [0.4, 0.5) is 0 Å². The molecular weight excluding hydrogens is 222 g/mol. The summed E-state index contributed by atoms with van der Waals surface area (Å²) in [6, 6.07) is 10.1. The monoisotopic (exact) mass is 243 g/mol. The maximum atomic E-state index is 12.0. The zero-order valence-corrected chi connectivity index (χ0v) is 11.4. The number of benzene rings is 1. The van der Waals surface area contributed by atoms with Crippen molar-refractivity contribution in [2.45, 2.75) is 27.3 Å². The lowest BCUT2D eigenvalue weighted by atomic mass is 9.90. The van der Waals surface area contributed by atoms with E-state index >= 15 is 0 Å². The van der Waals surface area contributed by atoms with Gasteiger partial charge in [-0.2, -0.15) is 0 Å². The van der Waals surface area contributed by atoms with Gasteiger partial charge in [0.15, 0.2) is 5.78 Å². The summed E-state index contributed by atoms with van der Waals surface area (Å²) in [6.45, 7) is 7.43. The van der Waals surface area contributed by atoms with Gasteiger partial charge >= 0.3 is 0 Å². The Morgan fingerprint density at radius 3 is 2.39 bits per heavy atom. The van der Waals surface area contributed by atoms with Crippen LogP contribution < -0.4 is 0 Å². The van der Waals surface area contributed by atoms with Crippen LogP contribution in [0, 0.1) is 17.8 Å². The largest absolute Gasteiger partial charge is 0.298 e. The second-order valence-corrected chi connectivity index (χ2v) is 5.51. The van der Waals surface area contributed by atoms with Crippen molar-refractivity contribution in [3.63, 3.8) is 0 Å². The zero-order valence-electron chi connectivity index (χ0n) is 11.4. The molecule has 0 N–H and O–H groups in total. The van der Waals surface area contributed by atoms with E-state index in [9.17, 15) is 4.79 Å². The summed E-state index contributed by atoms with van der Waals surface area (Å²) in [6.07, 6.45) is 5.36. The number of ketones is 1. The molecule has 0 aliphatic heterocycles. The Morgan fingerprint density at radius 1 is 1.28 bits per heavy atom. The van der Waals surface area contributed by atoms with Crippen molar-refractivity contribution < 1.29 is 4.79 Å². The van der Waals surface area contributed by atoms with Crippen molar-refractivity contribution in [2.75, 3.05) is 13.1 Å². The van der Waals surface area contributed by atoms with E-state index in [1.165, 1.54) is 5.56 Å². The van der Waals surface area contributed by atoms with Gasteiger partial charge in [0, 0.05) is 12.0 Å². The molecule has 1 aromatic rings. The van der Waals surface area contributed by atoms with Gasteiger partial charge in [-0.15, -0.1) is 6.42 Å². The molecule has 0 aliphatic carbocycles. The molecule has 0 bridgehead atoms. The first-order chi connectivity index (χ1) is 8.43. The summed E-state index contributed by atoms with van der Waals surface area (Å²) in [5.41, 5.74) is 0.859. The topological polar surface area (TPSA) is 20.3 Å². The van der Waals surface area contributed by atoms with Crippen molar-refractivity contribution >= 4 is 5.78 Å². The van der Waals surface area contributed by atoms with Gasteiger partial charge in [-0.05, 0) is 5.56 Å². The average molecular weight is 243 g/mol. The zero-order chi connectivity index (χ0) is 13.6. The molecule has 0 atom stereocenters. The molecule has 0 heterocycles. The molecule has 0 fully saturated rings. The minimum atomic E-state index is -0.316. The number of hydrogen-bond acceptors (Lipinski definition) is 2. The minimum Gasteiger partial charge on any atom is -0.298 e. The predicted octanol–water partition coefficient (Wildman–Crippen LogP) is 2.74. The van der Waals surface area contributed by atoms with Gasteiger partial charge in [0.1, 0.15) is 0 Å². The van der Waals surface area contributed by atoms with Gasteiger partial charge in [0.25, 0.3) is 0 Å². The van der Waals surface area contributed by atoms with Crippen molar-refractivity contribution in [3.05, 3.63) is 35.9 Å². The quantitative estimate of drug-likeness (QED) is 0.741. The van der Waals surface area contributed by atoms with Gasteiger partial charge < -0.3 is 0 Å². The van der Waals surface area contributed by atoms with Crippen molar-refractivity contribution in [2.24, 2.45) is 5.41 Å². The molecular formula is C16H21NO. The molecule has 2 heteroatoms. The molecule has 1 aromatic carbocycles. The maximum Gasteiger partial charge on any atom is 0.152 e. The number of terminal acetylenes is 1. The van der Waals surface area contributed by atoms with E-state index in [4.69, 9.17) is 6.42 Å². The number of rotatable bonds is 5. The molecule has 0 amide bonds. The number of hydrogen-bond donors (Lipinski definition) is 0. The van der Waals surface area contributed by atoms with Gasteiger partial charge in [-0.1, -0.05) is 57.0 Å². The second-order valence-electron chi connectivity index (χ2n) is 5.51. The third-order valence-corrected chi connectivity index (χ3v) is 2.77. The molecule has 0 spiro atoms. The Morgan fingerprint density at radius 2 is 1.89 bits per heavy atom. The fourth-order valence-corrected chi connectivity index (χ4v) is 1.58. The fourth-order valence-electron chi connectivity index (χ4n) is 1.58. The van der Waals surface area contributed by atoms with Crippen molar-refractivity contribution in [1.29, 1.82) is 0 Å². The lowest BCUT2D eigenvalue weighted by molar-refractivity contribution is -0.127. The van der Waals surface area contributed by atoms with Crippen LogP contribution >= 0.6 is 0 Å². The van der Waals surface area contributed by atoms with Crippen LogP contribution in [0.3, 0.4) is 0 Å². The number of nitrogens with zero attached hydrogens (tertiary/aromatic N) is 1. The molecule has 0 aliphatic rings. The highest BCUT2D eigenvalue weighted by atomic mass is 16.1. The number of carbonyl (C=O) groups is 1. The van der Waals surface area contributed by atoms with Crippen LogP contribution in [-0.2, 0) is 11.3 Å². The minimum absolute atomic E-state index is 0.216. The Hall–Kier alpha value is -1.59. The normalized spacial score (nSPS) is 11.3. The summed E-state index contributed by atoms with van der Waals surface area (Å²) in [5, 5.41) is 0. The van der Waals surface area contributed by atoms with Crippen molar-refractivity contribution in [3.8, 4) is 12.3 Å². The smallest absolute Gasteiger partial charge is 0.152 e. The molecule has 96 valence electrons. The molecule has 0 radical (unpaired) electrons. The summed E-state index contributed by atoms with van der Waals surface area (Å²) >= 11 is 0. The molecule has 0 saturated heterocycles. The maximum absolute atomic E-state index is 12.0. The molecule has 18 heavy (non-hydrogen) atoms. The highest BCUT2D eigenvalue weighted by Gasteiger charge is 2.23. The summed E-state index contributed by atoms with van der Waals surface area (Å²) in [7, 11) is 0. The average Bonchev–Trinajstić information content (AvgIpc) is 2.29. The van der Waals surface area contributed by atoms with E-state index in [1.54, 1.807) is 0 Å². The van der Waals surface area contributed by atoms with E-state index in [2.05, 4.69) is 5.92 Å². The van der Waals surface area contributed by atoms with Gasteiger partial charge in [-0.25, -0.2) is 0 Å². The van der Waals surface area contributed by atoms with Gasteiger partial charge in [0.05, 0.1) is 13.1 Å². The van der Waals surface area contributed by atoms with Crippen LogP contribution in [0.1, 0.15) is 26.3 Å². The van der Waals surface area contributed by atoms with Crippen LogP contribution in [0.5, 0.6) is 0 Å². The lowest BCUT2D eigenvalue weighted by Gasteiger charge is -2.24. The standard InChI is InChI=1S/C16H21NO/c1-5-11-17(13-15(18)16(2,3)4)12-14-9-7-6-8-10-14/h1,6-10H,11-13H2,2-4H3. The van der Waals surface area contributed by atoms with Crippen LogP contribution in [-0.4, -0.2) is 23.8 Å². The fraction of sp³-hybridized carbons (Fsp3) is 0.438. The summed E-state index contributed by atoms with van der Waals surface area (Å²) < 4.78 is 0. The Kier molecular flexibility index (Phi) is 5.12. The van der Waals surface area contributed by atoms with Crippen LogP contribution in [0.15, 0.2) is 30.3 Å². The third kappa shape index (κ3) is 4.73. The van der Waals surface area contributed by atoms with Crippen molar-refractivity contribution in [1.82, 2.24) is 4.90 Å². The van der Waals surface area contributed by atoms with E-state index in [-0.39, 0.29) is 11.2 Å². The highest BCUT2D eigenvalue weighted by molar-refractivity contribution is 5.85. The van der Waals surface area contributed by atoms with Gasteiger partial charge in [-0.3, -0.25) is 9.69 Å². The second kappa shape index (κ2) is 6.37. The predicted molar refractivity (Wildman–Crippen MR) is 75.0 cm³/mol. The Balaban J connectivity index is 2.67.